The Hall–Kier alpha value is -2.62. The van der Waals surface area contributed by atoms with Gasteiger partial charge in [0.1, 0.15) is 11.6 Å². The Morgan fingerprint density at radius 1 is 1.05 bits per heavy atom. The van der Waals surface area contributed by atoms with Crippen LogP contribution in [-0.2, 0) is 6.42 Å². The zero-order valence-electron chi connectivity index (χ0n) is 12.3. The van der Waals surface area contributed by atoms with Gasteiger partial charge < -0.3 is 5.32 Å². The molecule has 110 valence electrons. The fraction of sp³-hybridized carbons (Fsp3) is 0.167. The lowest BCUT2D eigenvalue weighted by Gasteiger charge is -2.06. The SMILES string of the molecule is Cc1ccc(-n2nc(-c3ccc(F)cc3)c3c2NCC3)cc1. The molecule has 1 aliphatic heterocycles. The van der Waals surface area contributed by atoms with Crippen molar-refractivity contribution in [3.63, 3.8) is 0 Å². The van der Waals surface area contributed by atoms with Gasteiger partial charge >= 0.3 is 0 Å². The predicted molar refractivity (Wildman–Crippen MR) is 85.9 cm³/mol. The van der Waals surface area contributed by atoms with Crippen LogP contribution in [0.25, 0.3) is 16.9 Å². The summed E-state index contributed by atoms with van der Waals surface area (Å²) in [5.74, 6) is 0.819. The van der Waals surface area contributed by atoms with E-state index in [2.05, 4.69) is 36.5 Å². The first-order valence-electron chi connectivity index (χ1n) is 7.41. The van der Waals surface area contributed by atoms with Crippen molar-refractivity contribution in [1.29, 1.82) is 0 Å². The van der Waals surface area contributed by atoms with Crippen LogP contribution in [0, 0.1) is 12.7 Å². The minimum Gasteiger partial charge on any atom is -0.369 e. The molecule has 0 amide bonds. The molecule has 0 unspecified atom stereocenters. The largest absolute Gasteiger partial charge is 0.369 e. The molecule has 0 saturated heterocycles. The molecule has 4 heteroatoms. The monoisotopic (exact) mass is 293 g/mol. The van der Waals surface area contributed by atoms with E-state index >= 15 is 0 Å². The van der Waals surface area contributed by atoms with Crippen LogP contribution in [-0.4, -0.2) is 16.3 Å². The van der Waals surface area contributed by atoms with Gasteiger partial charge in [0.25, 0.3) is 0 Å². The molecular formula is C18H16FN3. The first-order valence-corrected chi connectivity index (χ1v) is 7.41. The van der Waals surface area contributed by atoms with Crippen molar-refractivity contribution in [2.45, 2.75) is 13.3 Å². The molecule has 1 N–H and O–H groups in total. The number of nitrogens with zero attached hydrogens (tertiary/aromatic N) is 2. The molecule has 3 aromatic rings. The third kappa shape index (κ3) is 2.08. The quantitative estimate of drug-likeness (QED) is 0.775. The molecule has 0 saturated carbocycles. The molecule has 0 aliphatic carbocycles. The van der Waals surface area contributed by atoms with Crippen LogP contribution in [0.15, 0.2) is 48.5 Å². The highest BCUT2D eigenvalue weighted by Gasteiger charge is 2.23. The molecule has 0 radical (unpaired) electrons. The van der Waals surface area contributed by atoms with Gasteiger partial charge in [-0.3, -0.25) is 0 Å². The summed E-state index contributed by atoms with van der Waals surface area (Å²) in [7, 11) is 0. The molecule has 3 nitrogen and oxygen atoms in total. The van der Waals surface area contributed by atoms with E-state index < -0.39 is 0 Å². The van der Waals surface area contributed by atoms with Crippen LogP contribution in [0.5, 0.6) is 0 Å². The highest BCUT2D eigenvalue weighted by atomic mass is 19.1. The number of hydrogen-bond donors (Lipinski definition) is 1. The number of aryl methyl sites for hydroxylation is 1. The van der Waals surface area contributed by atoms with Crippen molar-refractivity contribution < 1.29 is 4.39 Å². The van der Waals surface area contributed by atoms with Gasteiger partial charge in [0, 0.05) is 17.7 Å². The van der Waals surface area contributed by atoms with E-state index in [1.807, 2.05) is 4.68 Å². The van der Waals surface area contributed by atoms with E-state index in [9.17, 15) is 4.39 Å². The van der Waals surface area contributed by atoms with Gasteiger partial charge in [-0.1, -0.05) is 17.7 Å². The summed E-state index contributed by atoms with van der Waals surface area (Å²) >= 11 is 0. The number of anilines is 1. The molecule has 1 aliphatic rings. The molecular weight excluding hydrogens is 277 g/mol. The number of halogens is 1. The van der Waals surface area contributed by atoms with Crippen LogP contribution >= 0.6 is 0 Å². The molecule has 0 spiro atoms. The van der Waals surface area contributed by atoms with Crippen LogP contribution in [0.1, 0.15) is 11.1 Å². The lowest BCUT2D eigenvalue weighted by atomic mass is 10.1. The van der Waals surface area contributed by atoms with E-state index in [-0.39, 0.29) is 5.82 Å². The van der Waals surface area contributed by atoms with Gasteiger partial charge in [0.15, 0.2) is 0 Å². The predicted octanol–water partition coefficient (Wildman–Crippen LogP) is 3.95. The maximum absolute atomic E-state index is 13.1. The number of hydrogen-bond acceptors (Lipinski definition) is 2. The van der Waals surface area contributed by atoms with Crippen LogP contribution in [0.3, 0.4) is 0 Å². The first kappa shape index (κ1) is 13.1. The lowest BCUT2D eigenvalue weighted by molar-refractivity contribution is 0.628. The Morgan fingerprint density at radius 2 is 1.77 bits per heavy atom. The molecule has 0 bridgehead atoms. The van der Waals surface area contributed by atoms with Gasteiger partial charge in [0.2, 0.25) is 0 Å². The summed E-state index contributed by atoms with van der Waals surface area (Å²) in [4.78, 5) is 0. The molecule has 0 fully saturated rings. The van der Waals surface area contributed by atoms with Gasteiger partial charge in [0.05, 0.1) is 11.4 Å². The van der Waals surface area contributed by atoms with Crippen molar-refractivity contribution in [2.75, 3.05) is 11.9 Å². The number of nitrogens with one attached hydrogen (secondary N) is 1. The van der Waals surface area contributed by atoms with Gasteiger partial charge in [-0.25, -0.2) is 9.07 Å². The van der Waals surface area contributed by atoms with Gasteiger partial charge in [-0.05, 0) is 49.7 Å². The highest BCUT2D eigenvalue weighted by molar-refractivity contribution is 5.72. The van der Waals surface area contributed by atoms with Crippen LogP contribution < -0.4 is 5.32 Å². The molecule has 2 aromatic carbocycles. The summed E-state index contributed by atoms with van der Waals surface area (Å²) < 4.78 is 15.1. The Balaban J connectivity index is 1.86. The van der Waals surface area contributed by atoms with E-state index in [0.717, 1.165) is 35.7 Å². The van der Waals surface area contributed by atoms with Crippen molar-refractivity contribution in [2.24, 2.45) is 0 Å². The summed E-state index contributed by atoms with van der Waals surface area (Å²) in [5.41, 5.74) is 5.34. The number of rotatable bonds is 2. The van der Waals surface area contributed by atoms with Crippen molar-refractivity contribution >= 4 is 5.82 Å². The Morgan fingerprint density at radius 3 is 2.50 bits per heavy atom. The third-order valence-corrected chi connectivity index (χ3v) is 4.05. The summed E-state index contributed by atoms with van der Waals surface area (Å²) in [5, 5.41) is 8.17. The van der Waals surface area contributed by atoms with Crippen LogP contribution in [0.4, 0.5) is 10.2 Å². The van der Waals surface area contributed by atoms with E-state index in [0.29, 0.717) is 0 Å². The standard InChI is InChI=1S/C18H16FN3/c1-12-2-8-15(9-3-12)22-18-16(10-11-20-18)17(21-22)13-4-6-14(19)7-5-13/h2-9,20H,10-11H2,1H3. The minimum absolute atomic E-state index is 0.225. The highest BCUT2D eigenvalue weighted by Crippen LogP contribution is 2.34. The van der Waals surface area contributed by atoms with Crippen molar-refractivity contribution in [3.8, 4) is 16.9 Å². The fourth-order valence-corrected chi connectivity index (χ4v) is 2.89. The summed E-state index contributed by atoms with van der Waals surface area (Å²) in [6, 6.07) is 14.8. The maximum atomic E-state index is 13.1. The smallest absolute Gasteiger partial charge is 0.133 e. The second-order valence-corrected chi connectivity index (χ2v) is 5.61. The average Bonchev–Trinajstić information content (AvgIpc) is 3.12. The second kappa shape index (κ2) is 4.98. The Labute approximate surface area is 128 Å². The zero-order chi connectivity index (χ0) is 15.1. The number of benzene rings is 2. The topological polar surface area (TPSA) is 29.9 Å². The maximum Gasteiger partial charge on any atom is 0.133 e. The van der Waals surface area contributed by atoms with E-state index in [4.69, 9.17) is 5.10 Å². The van der Waals surface area contributed by atoms with Gasteiger partial charge in [-0.2, -0.15) is 5.10 Å². The van der Waals surface area contributed by atoms with Gasteiger partial charge in [-0.15, -0.1) is 0 Å². The summed E-state index contributed by atoms with van der Waals surface area (Å²) in [6.45, 7) is 2.98. The van der Waals surface area contributed by atoms with Crippen molar-refractivity contribution in [1.82, 2.24) is 9.78 Å². The first-order chi connectivity index (χ1) is 10.7. The summed E-state index contributed by atoms with van der Waals surface area (Å²) in [6.07, 6.45) is 0.938. The Kier molecular flexibility index (Phi) is 2.96. The average molecular weight is 293 g/mol. The molecule has 2 heterocycles. The molecule has 22 heavy (non-hydrogen) atoms. The molecule has 4 rings (SSSR count). The van der Waals surface area contributed by atoms with Crippen LogP contribution in [0.2, 0.25) is 0 Å². The van der Waals surface area contributed by atoms with E-state index in [1.54, 1.807) is 12.1 Å². The zero-order valence-corrected chi connectivity index (χ0v) is 12.3. The normalized spacial score (nSPS) is 13.0. The number of fused-ring (bicyclic) bond motifs is 1. The van der Waals surface area contributed by atoms with Crippen molar-refractivity contribution in [3.05, 3.63) is 65.5 Å². The Bertz CT molecular complexity index is 749. The number of aromatic nitrogens is 2. The molecule has 1 aromatic heterocycles. The third-order valence-electron chi connectivity index (χ3n) is 4.05. The fourth-order valence-electron chi connectivity index (χ4n) is 2.89. The second-order valence-electron chi connectivity index (χ2n) is 5.61. The minimum atomic E-state index is -0.225. The van der Waals surface area contributed by atoms with E-state index in [1.165, 1.54) is 23.3 Å². The molecule has 0 atom stereocenters. The lowest BCUT2D eigenvalue weighted by Crippen LogP contribution is -2.04.